The number of carbonyl (C=O) groups excluding carboxylic acids is 1. The second kappa shape index (κ2) is 10.2. The molecule has 8 heteroatoms. The van der Waals surface area contributed by atoms with Crippen LogP contribution in [0.3, 0.4) is 0 Å². The van der Waals surface area contributed by atoms with E-state index >= 15 is 0 Å². The van der Waals surface area contributed by atoms with Gasteiger partial charge in [0, 0.05) is 12.6 Å². The minimum Gasteiger partial charge on any atom is -0.282 e. The largest absolute Gasteiger partial charge is 0.282 e. The van der Waals surface area contributed by atoms with Crippen molar-refractivity contribution < 1.29 is 13.2 Å². The number of aryl methyl sites for hydroxylation is 1. The predicted octanol–water partition coefficient (Wildman–Crippen LogP) is 4.79. The van der Waals surface area contributed by atoms with Gasteiger partial charge < -0.3 is 0 Å². The number of sulfone groups is 1. The number of nitrogens with zero attached hydrogens (tertiary/aromatic N) is 3. The summed E-state index contributed by atoms with van der Waals surface area (Å²) >= 11 is 1.44. The maximum atomic E-state index is 13.2. The van der Waals surface area contributed by atoms with Crippen molar-refractivity contribution in [2.75, 3.05) is 10.7 Å². The average molecular weight is 480 g/mol. The average Bonchev–Trinajstić information content (AvgIpc) is 3.25. The van der Waals surface area contributed by atoms with Crippen molar-refractivity contribution >= 4 is 42.4 Å². The van der Waals surface area contributed by atoms with E-state index < -0.39 is 9.84 Å². The van der Waals surface area contributed by atoms with Crippen LogP contribution in [0, 0.1) is 0 Å². The summed E-state index contributed by atoms with van der Waals surface area (Å²) < 4.78 is 26.3. The Bertz CT molecular complexity index is 1340. The molecule has 2 aromatic carbocycles. The molecule has 0 aliphatic carbocycles. The minimum absolute atomic E-state index is 0.0811. The van der Waals surface area contributed by atoms with Gasteiger partial charge in [-0.05, 0) is 41.8 Å². The standard InChI is InChI=1S/C25H25N3O3S2/c1-2-19-11-12-22-23(16-19)32-25(27-22)28(17-21-10-6-7-14-26-21)24(29)13-15-33(30,31)18-20-8-4-3-5-9-20/h3-12,14,16H,2,13,15,17-18H2,1H3. The van der Waals surface area contributed by atoms with E-state index in [-0.39, 0.29) is 30.4 Å². The zero-order chi connectivity index (χ0) is 23.3. The molecule has 2 heterocycles. The number of thiazole rings is 1. The fourth-order valence-electron chi connectivity index (χ4n) is 3.49. The molecule has 0 fully saturated rings. The molecule has 0 radical (unpaired) electrons. The summed E-state index contributed by atoms with van der Waals surface area (Å²) in [5.41, 5.74) is 3.45. The summed E-state index contributed by atoms with van der Waals surface area (Å²) in [5.74, 6) is -0.584. The van der Waals surface area contributed by atoms with Crippen LogP contribution in [0.2, 0.25) is 0 Å². The lowest BCUT2D eigenvalue weighted by molar-refractivity contribution is -0.118. The number of aromatic nitrogens is 2. The smallest absolute Gasteiger partial charge is 0.230 e. The zero-order valence-electron chi connectivity index (χ0n) is 18.3. The van der Waals surface area contributed by atoms with E-state index in [1.165, 1.54) is 16.9 Å². The van der Waals surface area contributed by atoms with Gasteiger partial charge in [-0.3, -0.25) is 14.7 Å². The van der Waals surface area contributed by atoms with Gasteiger partial charge in [0.15, 0.2) is 15.0 Å². The quantitative estimate of drug-likeness (QED) is 0.345. The highest BCUT2D eigenvalue weighted by molar-refractivity contribution is 7.90. The Kier molecular flexibility index (Phi) is 7.15. The van der Waals surface area contributed by atoms with Crippen molar-refractivity contribution in [2.24, 2.45) is 0 Å². The summed E-state index contributed by atoms with van der Waals surface area (Å²) in [5, 5.41) is 0.550. The number of fused-ring (bicyclic) bond motifs is 1. The van der Waals surface area contributed by atoms with Crippen molar-refractivity contribution in [1.29, 1.82) is 0 Å². The number of benzene rings is 2. The van der Waals surface area contributed by atoms with Gasteiger partial charge in [0.2, 0.25) is 5.91 Å². The highest BCUT2D eigenvalue weighted by atomic mass is 32.2. The first-order valence-corrected chi connectivity index (χ1v) is 13.4. The molecule has 0 N–H and O–H groups in total. The number of rotatable bonds is 9. The third-order valence-electron chi connectivity index (χ3n) is 5.28. The van der Waals surface area contributed by atoms with Gasteiger partial charge in [0.05, 0.1) is 34.0 Å². The normalized spacial score (nSPS) is 11.5. The second-order valence-electron chi connectivity index (χ2n) is 7.78. The van der Waals surface area contributed by atoms with Gasteiger partial charge >= 0.3 is 0 Å². The Balaban J connectivity index is 1.56. The monoisotopic (exact) mass is 479 g/mol. The number of amides is 1. The van der Waals surface area contributed by atoms with E-state index in [0.29, 0.717) is 16.4 Å². The van der Waals surface area contributed by atoms with Gasteiger partial charge in [-0.2, -0.15) is 0 Å². The van der Waals surface area contributed by atoms with Crippen LogP contribution in [-0.4, -0.2) is 30.0 Å². The molecule has 2 aromatic heterocycles. The van der Waals surface area contributed by atoms with E-state index in [9.17, 15) is 13.2 Å². The Labute approximate surface area is 197 Å². The Hall–Kier alpha value is -3.10. The van der Waals surface area contributed by atoms with Crippen molar-refractivity contribution in [2.45, 2.75) is 32.1 Å². The maximum absolute atomic E-state index is 13.2. The van der Waals surface area contributed by atoms with E-state index in [1.54, 1.807) is 23.2 Å². The Morgan fingerprint density at radius 1 is 1.00 bits per heavy atom. The molecule has 0 atom stereocenters. The van der Waals surface area contributed by atoms with Crippen molar-refractivity contribution in [3.05, 3.63) is 89.7 Å². The molecular formula is C25H25N3O3S2. The molecule has 0 aliphatic rings. The summed E-state index contributed by atoms with van der Waals surface area (Å²) in [6.07, 6.45) is 2.48. The summed E-state index contributed by atoms with van der Waals surface area (Å²) in [6.45, 7) is 2.33. The molecule has 4 aromatic rings. The lowest BCUT2D eigenvalue weighted by Gasteiger charge is -2.19. The third kappa shape index (κ3) is 6.03. The number of hydrogen-bond acceptors (Lipinski definition) is 6. The fourth-order valence-corrected chi connectivity index (χ4v) is 5.86. The van der Waals surface area contributed by atoms with Gasteiger partial charge in [0.25, 0.3) is 0 Å². The number of hydrogen-bond donors (Lipinski definition) is 0. The van der Waals surface area contributed by atoms with E-state index in [2.05, 4.69) is 23.0 Å². The number of carbonyl (C=O) groups is 1. The van der Waals surface area contributed by atoms with Crippen LogP contribution >= 0.6 is 11.3 Å². The Morgan fingerprint density at radius 3 is 2.52 bits per heavy atom. The SMILES string of the molecule is CCc1ccc2nc(N(Cc3ccccn3)C(=O)CCS(=O)(=O)Cc3ccccc3)sc2c1. The molecule has 1 amide bonds. The van der Waals surface area contributed by atoms with Crippen LogP contribution < -0.4 is 4.90 Å². The molecule has 6 nitrogen and oxygen atoms in total. The van der Waals surface area contributed by atoms with Crippen LogP contribution in [0.4, 0.5) is 5.13 Å². The van der Waals surface area contributed by atoms with Crippen LogP contribution in [0.5, 0.6) is 0 Å². The van der Waals surface area contributed by atoms with E-state index in [0.717, 1.165) is 16.6 Å². The summed E-state index contributed by atoms with van der Waals surface area (Å²) in [6, 6.07) is 20.6. The van der Waals surface area contributed by atoms with Crippen molar-refractivity contribution in [3.8, 4) is 0 Å². The molecular weight excluding hydrogens is 454 g/mol. The van der Waals surface area contributed by atoms with Crippen LogP contribution in [0.1, 0.15) is 30.2 Å². The molecule has 4 rings (SSSR count). The second-order valence-corrected chi connectivity index (χ2v) is 11.0. The van der Waals surface area contributed by atoms with Crippen molar-refractivity contribution in [1.82, 2.24) is 9.97 Å². The van der Waals surface area contributed by atoms with E-state index in [4.69, 9.17) is 0 Å². The number of pyridine rings is 1. The minimum atomic E-state index is -3.43. The summed E-state index contributed by atoms with van der Waals surface area (Å²) in [7, 11) is -3.43. The van der Waals surface area contributed by atoms with Crippen LogP contribution in [0.25, 0.3) is 10.2 Å². The zero-order valence-corrected chi connectivity index (χ0v) is 20.0. The molecule has 33 heavy (non-hydrogen) atoms. The van der Waals surface area contributed by atoms with Gasteiger partial charge in [0.1, 0.15) is 0 Å². The Morgan fingerprint density at radius 2 is 1.79 bits per heavy atom. The van der Waals surface area contributed by atoms with Crippen LogP contribution in [-0.2, 0) is 33.4 Å². The first-order valence-electron chi connectivity index (χ1n) is 10.8. The van der Waals surface area contributed by atoms with Gasteiger partial charge in [-0.1, -0.05) is 60.7 Å². The first kappa shape index (κ1) is 23.1. The fraction of sp³-hybridized carbons (Fsp3) is 0.240. The predicted molar refractivity (Wildman–Crippen MR) is 133 cm³/mol. The highest BCUT2D eigenvalue weighted by Crippen LogP contribution is 2.31. The molecule has 0 unspecified atom stereocenters. The first-order chi connectivity index (χ1) is 15.9. The van der Waals surface area contributed by atoms with Gasteiger partial charge in [-0.25, -0.2) is 13.4 Å². The summed E-state index contributed by atoms with van der Waals surface area (Å²) in [4.78, 5) is 23.8. The van der Waals surface area contributed by atoms with E-state index in [1.807, 2.05) is 48.5 Å². The molecule has 0 saturated heterocycles. The molecule has 0 saturated carbocycles. The van der Waals surface area contributed by atoms with Crippen molar-refractivity contribution in [3.63, 3.8) is 0 Å². The highest BCUT2D eigenvalue weighted by Gasteiger charge is 2.23. The molecule has 0 spiro atoms. The van der Waals surface area contributed by atoms with Crippen LogP contribution in [0.15, 0.2) is 72.9 Å². The van der Waals surface area contributed by atoms with Gasteiger partial charge in [-0.15, -0.1) is 0 Å². The third-order valence-corrected chi connectivity index (χ3v) is 7.92. The lowest BCUT2D eigenvalue weighted by atomic mass is 10.2. The topological polar surface area (TPSA) is 80.2 Å². The molecule has 170 valence electrons. The molecule has 0 aliphatic heterocycles. The maximum Gasteiger partial charge on any atom is 0.230 e. The lowest BCUT2D eigenvalue weighted by Crippen LogP contribution is -2.32. The number of anilines is 1. The molecule has 0 bridgehead atoms.